The molecule has 0 spiro atoms. The lowest BCUT2D eigenvalue weighted by atomic mass is 9.95. The molecule has 0 amide bonds. The molecule has 3 aromatic rings. The summed E-state index contributed by atoms with van der Waals surface area (Å²) >= 11 is 2.81. The number of likely N-dealkylation sites (N-methyl/N-ethyl adjacent to an activating group) is 1. The first-order valence-electron chi connectivity index (χ1n) is 11.3. The zero-order valence-corrected chi connectivity index (χ0v) is 20.6. The van der Waals surface area contributed by atoms with Crippen molar-refractivity contribution in [2.45, 2.75) is 43.8 Å². The molecule has 180 valence electrons. The fourth-order valence-electron chi connectivity index (χ4n) is 4.25. The molecule has 1 aromatic carbocycles. The second-order valence-corrected chi connectivity index (χ2v) is 10.7. The van der Waals surface area contributed by atoms with Crippen molar-refractivity contribution in [3.8, 4) is 15.6 Å². The summed E-state index contributed by atoms with van der Waals surface area (Å²) in [6, 6.07) is 6.03. The van der Waals surface area contributed by atoms with E-state index in [1.165, 1.54) is 22.5 Å². The zero-order chi connectivity index (χ0) is 23.9. The number of benzene rings is 1. The second-order valence-electron chi connectivity index (χ2n) is 8.51. The Balaban J connectivity index is 1.53. The first kappa shape index (κ1) is 23.4. The lowest BCUT2D eigenvalue weighted by molar-refractivity contribution is -0.137. The lowest BCUT2D eigenvalue weighted by Crippen LogP contribution is -2.26. The summed E-state index contributed by atoms with van der Waals surface area (Å²) in [5.74, 6) is 1.03. The van der Waals surface area contributed by atoms with Gasteiger partial charge in [-0.05, 0) is 55.1 Å². The van der Waals surface area contributed by atoms with Crippen molar-refractivity contribution in [3.05, 3.63) is 46.6 Å². The van der Waals surface area contributed by atoms with Gasteiger partial charge in [-0.15, -0.1) is 11.8 Å². The maximum Gasteiger partial charge on any atom is 0.420 e. The third-order valence-corrected chi connectivity index (χ3v) is 8.32. The fraction of sp³-hybridized carbons (Fsp3) is 0.417. The van der Waals surface area contributed by atoms with Gasteiger partial charge in [0.2, 0.25) is 5.95 Å². The summed E-state index contributed by atoms with van der Waals surface area (Å²) < 4.78 is 47.3. The standard InChI is InChI=1S/C24H25F3N4OS2/c1-3-14-9-16-13-31(2)6-5-15(16)10-18(14)29-23-28-12-17(24(25,26)27)21(30-23)19-11-20-22(34-19)32-7-4-8-33-20/h9-12H,3-8,13H2,1-2H3,(H,28,29,30). The highest BCUT2D eigenvalue weighted by atomic mass is 32.2. The average molecular weight is 507 g/mol. The van der Waals surface area contributed by atoms with Crippen LogP contribution in [0.1, 0.15) is 35.6 Å². The number of alkyl halides is 3. The number of nitrogens with one attached hydrogen (secondary N) is 1. The van der Waals surface area contributed by atoms with E-state index in [0.717, 1.165) is 60.4 Å². The predicted octanol–water partition coefficient (Wildman–Crippen LogP) is 6.39. The lowest BCUT2D eigenvalue weighted by Gasteiger charge is -2.26. The van der Waals surface area contributed by atoms with Crippen molar-refractivity contribution in [2.75, 3.05) is 31.3 Å². The van der Waals surface area contributed by atoms with Gasteiger partial charge in [-0.1, -0.05) is 24.3 Å². The Morgan fingerprint density at radius 1 is 1.21 bits per heavy atom. The molecule has 34 heavy (non-hydrogen) atoms. The molecular formula is C24H25F3N4OS2. The maximum absolute atomic E-state index is 13.8. The van der Waals surface area contributed by atoms with Gasteiger partial charge < -0.3 is 15.0 Å². The fourth-order valence-corrected chi connectivity index (χ4v) is 6.42. The third-order valence-electron chi connectivity index (χ3n) is 6.03. The summed E-state index contributed by atoms with van der Waals surface area (Å²) in [6.45, 7) is 4.50. The van der Waals surface area contributed by atoms with E-state index in [9.17, 15) is 13.2 Å². The Labute approximate surface area is 204 Å². The van der Waals surface area contributed by atoms with Crippen molar-refractivity contribution < 1.29 is 17.9 Å². The van der Waals surface area contributed by atoms with Crippen LogP contribution in [0, 0.1) is 0 Å². The predicted molar refractivity (Wildman–Crippen MR) is 130 cm³/mol. The van der Waals surface area contributed by atoms with Crippen LogP contribution in [0.15, 0.2) is 29.3 Å². The molecule has 0 fully saturated rings. The molecule has 1 N–H and O–H groups in total. The summed E-state index contributed by atoms with van der Waals surface area (Å²) in [5, 5.41) is 3.87. The van der Waals surface area contributed by atoms with Crippen LogP contribution in [0.25, 0.3) is 10.6 Å². The Bertz CT molecular complexity index is 1190. The van der Waals surface area contributed by atoms with Crippen LogP contribution in [-0.2, 0) is 25.6 Å². The zero-order valence-electron chi connectivity index (χ0n) is 19.0. The van der Waals surface area contributed by atoms with E-state index in [0.29, 0.717) is 16.5 Å². The molecule has 5 rings (SSSR count). The first-order valence-corrected chi connectivity index (χ1v) is 13.1. The molecular weight excluding hydrogens is 481 g/mol. The summed E-state index contributed by atoms with van der Waals surface area (Å²) in [4.78, 5) is 12.0. The summed E-state index contributed by atoms with van der Waals surface area (Å²) in [7, 11) is 2.10. The van der Waals surface area contributed by atoms with E-state index < -0.39 is 11.7 Å². The number of rotatable bonds is 4. The smallest absolute Gasteiger partial charge is 0.420 e. The highest BCUT2D eigenvalue weighted by molar-refractivity contribution is 7.99. The summed E-state index contributed by atoms with van der Waals surface area (Å²) in [5.41, 5.74) is 3.52. The van der Waals surface area contributed by atoms with Crippen LogP contribution in [0.3, 0.4) is 0 Å². The topological polar surface area (TPSA) is 50.3 Å². The van der Waals surface area contributed by atoms with E-state index >= 15 is 0 Å². The Kier molecular flexibility index (Phi) is 6.47. The number of ether oxygens (including phenoxy) is 1. The molecule has 0 aliphatic carbocycles. The molecule has 5 nitrogen and oxygen atoms in total. The number of hydrogen-bond acceptors (Lipinski definition) is 7. The van der Waals surface area contributed by atoms with Gasteiger partial charge in [-0.25, -0.2) is 9.97 Å². The molecule has 0 bridgehead atoms. The molecule has 0 saturated carbocycles. The molecule has 4 heterocycles. The average Bonchev–Trinajstić information content (AvgIpc) is 3.08. The maximum atomic E-state index is 13.8. The molecule has 2 aromatic heterocycles. The number of halogens is 3. The highest BCUT2D eigenvalue weighted by Gasteiger charge is 2.36. The normalized spacial score (nSPS) is 16.4. The quantitative estimate of drug-likeness (QED) is 0.442. The van der Waals surface area contributed by atoms with Crippen LogP contribution >= 0.6 is 23.1 Å². The van der Waals surface area contributed by atoms with Crippen LogP contribution in [0.2, 0.25) is 0 Å². The number of aromatic nitrogens is 2. The minimum atomic E-state index is -4.56. The monoisotopic (exact) mass is 506 g/mol. The minimum Gasteiger partial charge on any atom is -0.483 e. The number of thioether (sulfide) groups is 1. The third kappa shape index (κ3) is 4.76. The van der Waals surface area contributed by atoms with Gasteiger partial charge in [0.05, 0.1) is 22.1 Å². The van der Waals surface area contributed by atoms with E-state index in [1.54, 1.807) is 17.8 Å². The SMILES string of the molecule is CCc1cc2c(cc1Nc1ncc(C(F)(F)F)c(-c3cc4c(s3)OCCCS4)n1)CCN(C)C2. The number of anilines is 2. The second kappa shape index (κ2) is 9.39. The molecule has 0 radical (unpaired) electrons. The van der Waals surface area contributed by atoms with Crippen LogP contribution in [-0.4, -0.2) is 40.8 Å². The van der Waals surface area contributed by atoms with Gasteiger partial charge in [0.15, 0.2) is 5.06 Å². The number of thiophene rings is 1. The molecule has 2 aliphatic heterocycles. The molecule has 0 unspecified atom stereocenters. The Hall–Kier alpha value is -2.30. The Morgan fingerprint density at radius 2 is 2.06 bits per heavy atom. The van der Waals surface area contributed by atoms with Crippen LogP contribution < -0.4 is 10.1 Å². The van der Waals surface area contributed by atoms with Gasteiger partial charge in [0, 0.05) is 30.7 Å². The van der Waals surface area contributed by atoms with Crippen molar-refractivity contribution in [1.82, 2.24) is 14.9 Å². The number of aryl methyl sites for hydroxylation is 1. The summed E-state index contributed by atoms with van der Waals surface area (Å²) in [6.07, 6.45) is -1.05. The van der Waals surface area contributed by atoms with Gasteiger partial charge >= 0.3 is 6.18 Å². The van der Waals surface area contributed by atoms with Crippen LogP contribution in [0.5, 0.6) is 5.06 Å². The molecule has 2 aliphatic rings. The van der Waals surface area contributed by atoms with E-state index in [2.05, 4.69) is 46.3 Å². The molecule has 10 heteroatoms. The minimum absolute atomic E-state index is 0.120. The number of hydrogen-bond donors (Lipinski definition) is 1. The van der Waals surface area contributed by atoms with E-state index in [4.69, 9.17) is 4.74 Å². The van der Waals surface area contributed by atoms with E-state index in [-0.39, 0.29) is 11.6 Å². The first-order chi connectivity index (χ1) is 16.3. The van der Waals surface area contributed by atoms with Gasteiger partial charge in [0.1, 0.15) is 5.56 Å². The number of fused-ring (bicyclic) bond motifs is 2. The van der Waals surface area contributed by atoms with Crippen molar-refractivity contribution in [3.63, 3.8) is 0 Å². The van der Waals surface area contributed by atoms with Crippen LogP contribution in [0.4, 0.5) is 24.8 Å². The van der Waals surface area contributed by atoms with E-state index in [1.807, 2.05) is 0 Å². The molecule has 0 saturated heterocycles. The van der Waals surface area contributed by atoms with Crippen molar-refractivity contribution in [2.24, 2.45) is 0 Å². The number of nitrogens with zero attached hydrogens (tertiary/aromatic N) is 3. The van der Waals surface area contributed by atoms with Gasteiger partial charge in [0.25, 0.3) is 0 Å². The van der Waals surface area contributed by atoms with Gasteiger partial charge in [-0.3, -0.25) is 0 Å². The van der Waals surface area contributed by atoms with Crippen molar-refractivity contribution in [1.29, 1.82) is 0 Å². The largest absolute Gasteiger partial charge is 0.483 e. The Morgan fingerprint density at radius 3 is 2.85 bits per heavy atom. The van der Waals surface area contributed by atoms with Gasteiger partial charge in [-0.2, -0.15) is 13.2 Å². The highest BCUT2D eigenvalue weighted by Crippen LogP contribution is 2.46. The van der Waals surface area contributed by atoms with Crippen molar-refractivity contribution >= 4 is 34.7 Å². The molecule has 0 atom stereocenters.